The van der Waals surface area contributed by atoms with Gasteiger partial charge in [0.25, 0.3) is 0 Å². The number of hydrogen-bond donors (Lipinski definition) is 1. The molecule has 0 aliphatic carbocycles. The molecule has 1 aliphatic heterocycles. The minimum Gasteiger partial charge on any atom is -0.329 e. The van der Waals surface area contributed by atoms with E-state index in [1.54, 1.807) is 6.07 Å². The molecule has 7 heteroatoms. The van der Waals surface area contributed by atoms with Gasteiger partial charge in [0.2, 0.25) is 10.0 Å². The lowest BCUT2D eigenvalue weighted by molar-refractivity contribution is -0.917. The van der Waals surface area contributed by atoms with Crippen LogP contribution in [0.4, 0.5) is 0 Å². The van der Waals surface area contributed by atoms with E-state index in [-0.39, 0.29) is 9.92 Å². The van der Waals surface area contributed by atoms with E-state index in [4.69, 9.17) is 23.2 Å². The minimum absolute atomic E-state index is 0.0871. The first-order chi connectivity index (χ1) is 11.9. The van der Waals surface area contributed by atoms with Crippen LogP contribution in [-0.4, -0.2) is 38.9 Å². The van der Waals surface area contributed by atoms with Crippen molar-refractivity contribution in [3.63, 3.8) is 0 Å². The van der Waals surface area contributed by atoms with Gasteiger partial charge in [-0.05, 0) is 30.7 Å². The van der Waals surface area contributed by atoms with Gasteiger partial charge in [0.15, 0.2) is 0 Å². The van der Waals surface area contributed by atoms with Gasteiger partial charge in [0.05, 0.1) is 31.2 Å². The lowest BCUT2D eigenvalue weighted by atomic mass is 10.1. The maximum Gasteiger partial charge on any atom is 0.245 e. The highest BCUT2D eigenvalue weighted by Gasteiger charge is 2.32. The molecule has 0 radical (unpaired) electrons. The maximum atomic E-state index is 12.9. The van der Waals surface area contributed by atoms with Gasteiger partial charge in [-0.15, -0.1) is 0 Å². The van der Waals surface area contributed by atoms with Crippen LogP contribution >= 0.6 is 23.2 Å². The number of aryl methyl sites for hydroxylation is 1. The van der Waals surface area contributed by atoms with E-state index in [0.717, 1.165) is 19.6 Å². The average molecular weight is 400 g/mol. The molecule has 1 N–H and O–H groups in total. The van der Waals surface area contributed by atoms with Gasteiger partial charge in [0.1, 0.15) is 11.4 Å². The molecule has 0 unspecified atom stereocenters. The summed E-state index contributed by atoms with van der Waals surface area (Å²) in [7, 11) is -3.62. The van der Waals surface area contributed by atoms with E-state index in [1.807, 2.05) is 12.1 Å². The molecule has 134 valence electrons. The van der Waals surface area contributed by atoms with E-state index >= 15 is 0 Å². The summed E-state index contributed by atoms with van der Waals surface area (Å²) < 4.78 is 27.2. The van der Waals surface area contributed by atoms with Crippen molar-refractivity contribution in [1.29, 1.82) is 0 Å². The molecule has 3 rings (SSSR count). The molecule has 1 fully saturated rings. The first-order valence-corrected chi connectivity index (χ1v) is 10.4. The normalized spacial score (nSPS) is 16.9. The number of hydrogen-bond acceptors (Lipinski definition) is 2. The van der Waals surface area contributed by atoms with Gasteiger partial charge in [-0.25, -0.2) is 8.42 Å². The zero-order chi connectivity index (χ0) is 18.0. The third-order valence-corrected chi connectivity index (χ3v) is 7.26. The number of piperazine rings is 1. The Morgan fingerprint density at radius 1 is 1.08 bits per heavy atom. The lowest BCUT2D eigenvalue weighted by Crippen LogP contribution is -3.13. The van der Waals surface area contributed by atoms with Crippen molar-refractivity contribution in [1.82, 2.24) is 4.31 Å². The Balaban J connectivity index is 1.69. The topological polar surface area (TPSA) is 41.8 Å². The zero-order valence-corrected chi connectivity index (χ0v) is 16.3. The van der Waals surface area contributed by atoms with E-state index in [2.05, 4.69) is 19.1 Å². The van der Waals surface area contributed by atoms with Crippen LogP contribution in [-0.2, 0) is 16.6 Å². The van der Waals surface area contributed by atoms with Gasteiger partial charge in [-0.3, -0.25) is 0 Å². The highest BCUT2D eigenvalue weighted by molar-refractivity contribution is 7.89. The molecule has 1 heterocycles. The van der Waals surface area contributed by atoms with E-state index in [1.165, 1.54) is 32.5 Å². The summed E-state index contributed by atoms with van der Waals surface area (Å²) in [5, 5.41) is 0.575. The number of quaternary nitrogens is 1. The van der Waals surface area contributed by atoms with Crippen LogP contribution in [0, 0.1) is 6.92 Å². The molecule has 0 atom stereocenters. The molecule has 0 saturated carbocycles. The van der Waals surface area contributed by atoms with Crippen LogP contribution in [0.2, 0.25) is 10.0 Å². The molecule has 1 aliphatic rings. The number of nitrogens with zero attached hydrogens (tertiary/aromatic N) is 1. The Hall–Kier alpha value is -1.11. The number of benzene rings is 2. The molecular formula is C18H21Cl2N2O2S+. The lowest BCUT2D eigenvalue weighted by Gasteiger charge is -2.32. The zero-order valence-electron chi connectivity index (χ0n) is 14.0. The number of sulfonamides is 1. The fraction of sp³-hybridized carbons (Fsp3) is 0.333. The second kappa shape index (κ2) is 7.64. The number of rotatable bonds is 4. The van der Waals surface area contributed by atoms with Gasteiger partial charge >= 0.3 is 0 Å². The van der Waals surface area contributed by atoms with Crippen LogP contribution in [0.1, 0.15) is 11.1 Å². The van der Waals surface area contributed by atoms with Gasteiger partial charge in [-0.1, -0.05) is 47.5 Å². The summed E-state index contributed by atoms with van der Waals surface area (Å²) in [5.41, 5.74) is 2.59. The largest absolute Gasteiger partial charge is 0.329 e. The van der Waals surface area contributed by atoms with Gasteiger partial charge in [-0.2, -0.15) is 4.31 Å². The molecule has 1 saturated heterocycles. The Morgan fingerprint density at radius 2 is 1.76 bits per heavy atom. The molecule has 0 spiro atoms. The van der Waals surface area contributed by atoms with Crippen molar-refractivity contribution < 1.29 is 13.3 Å². The van der Waals surface area contributed by atoms with Crippen molar-refractivity contribution in [2.45, 2.75) is 18.4 Å². The standard InChI is InChI=1S/C18H20Cl2N2O2S/c1-14-4-2-3-5-15(14)13-21-8-10-22(11-9-21)25(23,24)18-12-16(19)6-7-17(18)20/h2-7,12H,8-11,13H2,1H3/p+1. The third kappa shape index (κ3) is 4.18. The average Bonchev–Trinajstić information content (AvgIpc) is 2.59. The van der Waals surface area contributed by atoms with Crippen molar-refractivity contribution in [2.75, 3.05) is 26.2 Å². The molecule has 0 amide bonds. The van der Waals surface area contributed by atoms with Crippen molar-refractivity contribution in [2.24, 2.45) is 0 Å². The number of nitrogens with one attached hydrogen (secondary N) is 1. The van der Waals surface area contributed by atoms with Crippen LogP contribution in [0.25, 0.3) is 0 Å². The predicted molar refractivity (Wildman–Crippen MR) is 101 cm³/mol. The maximum absolute atomic E-state index is 12.9. The molecular weight excluding hydrogens is 379 g/mol. The fourth-order valence-corrected chi connectivity index (χ4v) is 5.29. The van der Waals surface area contributed by atoms with E-state index < -0.39 is 10.0 Å². The summed E-state index contributed by atoms with van der Waals surface area (Å²) >= 11 is 12.0. The first-order valence-electron chi connectivity index (χ1n) is 8.21. The van der Waals surface area contributed by atoms with Crippen LogP contribution in [0.5, 0.6) is 0 Å². The van der Waals surface area contributed by atoms with Crippen LogP contribution < -0.4 is 4.90 Å². The summed E-state index contributed by atoms with van der Waals surface area (Å²) in [6.07, 6.45) is 0. The molecule has 2 aromatic carbocycles. The Kier molecular flexibility index (Phi) is 5.71. The summed E-state index contributed by atoms with van der Waals surface area (Å²) in [5.74, 6) is 0. The molecule has 4 nitrogen and oxygen atoms in total. The van der Waals surface area contributed by atoms with Gasteiger partial charge in [0, 0.05) is 10.6 Å². The molecule has 2 aromatic rings. The van der Waals surface area contributed by atoms with E-state index in [9.17, 15) is 8.42 Å². The molecule has 0 bridgehead atoms. The van der Waals surface area contributed by atoms with Crippen LogP contribution in [0.15, 0.2) is 47.4 Å². The Morgan fingerprint density at radius 3 is 2.44 bits per heavy atom. The quantitative estimate of drug-likeness (QED) is 0.857. The monoisotopic (exact) mass is 399 g/mol. The summed E-state index contributed by atoms with van der Waals surface area (Å²) in [6, 6.07) is 12.9. The second-order valence-corrected chi connectivity index (χ2v) is 9.08. The predicted octanol–water partition coefficient (Wildman–Crippen LogP) is 2.39. The molecule has 0 aromatic heterocycles. The van der Waals surface area contributed by atoms with Gasteiger partial charge < -0.3 is 4.90 Å². The Labute approximate surface area is 159 Å². The number of halogens is 2. The smallest absolute Gasteiger partial charge is 0.245 e. The van der Waals surface area contributed by atoms with E-state index in [0.29, 0.717) is 18.1 Å². The van der Waals surface area contributed by atoms with Crippen molar-refractivity contribution >= 4 is 33.2 Å². The minimum atomic E-state index is -3.62. The first kappa shape index (κ1) is 18.7. The van der Waals surface area contributed by atoms with Crippen LogP contribution in [0.3, 0.4) is 0 Å². The van der Waals surface area contributed by atoms with Crippen molar-refractivity contribution in [3.05, 3.63) is 63.6 Å². The molecule has 25 heavy (non-hydrogen) atoms. The summed E-state index contributed by atoms with van der Waals surface area (Å²) in [4.78, 5) is 1.47. The summed E-state index contributed by atoms with van der Waals surface area (Å²) in [6.45, 7) is 5.52. The second-order valence-electron chi connectivity index (χ2n) is 6.33. The third-order valence-electron chi connectivity index (χ3n) is 4.64. The highest BCUT2D eigenvalue weighted by atomic mass is 35.5. The van der Waals surface area contributed by atoms with Crippen molar-refractivity contribution in [3.8, 4) is 0 Å². The fourth-order valence-electron chi connectivity index (χ4n) is 3.11. The highest BCUT2D eigenvalue weighted by Crippen LogP contribution is 2.27. The Bertz CT molecular complexity index is 863. The SMILES string of the molecule is Cc1ccccc1C[NH+]1CCN(S(=O)(=O)c2cc(Cl)ccc2Cl)CC1.